The number of benzene rings is 1. The van der Waals surface area contributed by atoms with Crippen LogP contribution in [0.1, 0.15) is 17.5 Å². The second kappa shape index (κ2) is 5.17. The molecule has 0 radical (unpaired) electrons. The zero-order chi connectivity index (χ0) is 14.2. The monoisotopic (exact) mass is 271 g/mol. The van der Waals surface area contributed by atoms with E-state index < -0.39 is 0 Å². The smallest absolute Gasteiger partial charge is 0.0995 e. The summed E-state index contributed by atoms with van der Waals surface area (Å²) in [6.45, 7) is 4.23. The Balaban J connectivity index is 1.63. The van der Waals surface area contributed by atoms with Gasteiger partial charge >= 0.3 is 0 Å². The molecular formula is C16H21N3O. The van der Waals surface area contributed by atoms with Crippen molar-refractivity contribution in [1.82, 2.24) is 9.80 Å². The van der Waals surface area contributed by atoms with E-state index in [0.29, 0.717) is 12.5 Å². The zero-order valence-corrected chi connectivity index (χ0v) is 11.9. The third-order valence-electron chi connectivity index (χ3n) is 4.84. The first kappa shape index (κ1) is 13.6. The van der Waals surface area contributed by atoms with Crippen LogP contribution in [0.2, 0.25) is 0 Å². The van der Waals surface area contributed by atoms with Crippen LogP contribution in [0.4, 0.5) is 0 Å². The summed E-state index contributed by atoms with van der Waals surface area (Å²) < 4.78 is 0. The molecule has 0 amide bonds. The molecule has 1 N–H and O–H groups in total. The Hall–Kier alpha value is -1.41. The van der Waals surface area contributed by atoms with Crippen LogP contribution in [0.3, 0.4) is 0 Å². The lowest BCUT2D eigenvalue weighted by Crippen LogP contribution is -2.66. The van der Waals surface area contributed by atoms with Gasteiger partial charge in [-0.3, -0.25) is 9.80 Å². The summed E-state index contributed by atoms with van der Waals surface area (Å²) in [6, 6.07) is 10.1. The van der Waals surface area contributed by atoms with E-state index in [4.69, 9.17) is 5.26 Å². The average Bonchev–Trinajstić information content (AvgIpc) is 2.76. The van der Waals surface area contributed by atoms with Gasteiger partial charge in [0.1, 0.15) is 0 Å². The van der Waals surface area contributed by atoms with Crippen LogP contribution in [-0.4, -0.2) is 53.7 Å². The molecule has 106 valence electrons. The number of nitrogens with zero attached hydrogens (tertiary/aromatic N) is 3. The lowest BCUT2D eigenvalue weighted by Gasteiger charge is -2.52. The predicted octanol–water partition coefficient (Wildman–Crippen LogP) is 1.06. The van der Waals surface area contributed by atoms with E-state index in [-0.39, 0.29) is 5.54 Å². The molecule has 2 fully saturated rings. The second-order valence-corrected chi connectivity index (χ2v) is 6.27. The molecule has 4 nitrogen and oxygen atoms in total. The van der Waals surface area contributed by atoms with Crippen molar-refractivity contribution in [1.29, 1.82) is 5.26 Å². The molecule has 2 aliphatic heterocycles. The molecule has 1 spiro atoms. The van der Waals surface area contributed by atoms with Gasteiger partial charge in [0.25, 0.3) is 0 Å². The van der Waals surface area contributed by atoms with Crippen molar-refractivity contribution in [3.05, 3.63) is 35.4 Å². The van der Waals surface area contributed by atoms with Crippen LogP contribution in [0.5, 0.6) is 0 Å². The molecule has 4 heteroatoms. The fourth-order valence-corrected chi connectivity index (χ4v) is 3.74. The average molecular weight is 271 g/mol. The maximum absolute atomic E-state index is 9.33. The first-order chi connectivity index (χ1) is 9.66. The molecule has 1 atom stereocenters. The number of likely N-dealkylation sites (N-methyl/N-ethyl adjacent to an activating group) is 1. The minimum absolute atomic E-state index is 0.259. The molecule has 1 aromatic carbocycles. The third kappa shape index (κ3) is 2.22. The van der Waals surface area contributed by atoms with Gasteiger partial charge in [-0.1, -0.05) is 18.2 Å². The lowest BCUT2D eigenvalue weighted by molar-refractivity contribution is -0.0223. The largest absolute Gasteiger partial charge is 0.396 e. The van der Waals surface area contributed by atoms with Gasteiger partial charge < -0.3 is 5.11 Å². The molecule has 3 rings (SSSR count). The summed E-state index contributed by atoms with van der Waals surface area (Å²) in [5.74, 6) is 0.425. The molecular weight excluding hydrogens is 250 g/mol. The Kier molecular flexibility index (Phi) is 3.51. The summed E-state index contributed by atoms with van der Waals surface area (Å²) in [7, 11) is 2.16. The number of aliphatic hydroxyl groups is 1. The molecule has 0 aromatic heterocycles. The Labute approximate surface area is 120 Å². The highest BCUT2D eigenvalue weighted by Crippen LogP contribution is 2.39. The number of hydrogen-bond acceptors (Lipinski definition) is 4. The normalized spacial score (nSPS) is 25.6. The minimum atomic E-state index is 0.259. The maximum Gasteiger partial charge on any atom is 0.0995 e. The van der Waals surface area contributed by atoms with E-state index in [1.807, 2.05) is 24.3 Å². The molecule has 0 saturated carbocycles. The van der Waals surface area contributed by atoms with Crippen molar-refractivity contribution >= 4 is 0 Å². The summed E-state index contributed by atoms with van der Waals surface area (Å²) in [5, 5.41) is 18.5. The first-order valence-electron chi connectivity index (χ1n) is 7.19. The number of likely N-dealkylation sites (tertiary alicyclic amines) is 2. The van der Waals surface area contributed by atoms with Gasteiger partial charge in [0, 0.05) is 38.3 Å². The SMILES string of the molecule is CN1C[C@@H](CO)CC12CN(Cc1ccccc1C#N)C2. The van der Waals surface area contributed by atoms with Crippen molar-refractivity contribution in [3.8, 4) is 6.07 Å². The Morgan fingerprint density at radius 1 is 1.40 bits per heavy atom. The molecule has 1 aromatic rings. The van der Waals surface area contributed by atoms with Crippen molar-refractivity contribution in [3.63, 3.8) is 0 Å². The van der Waals surface area contributed by atoms with Crippen LogP contribution < -0.4 is 0 Å². The number of aliphatic hydroxyl groups excluding tert-OH is 1. The first-order valence-corrected chi connectivity index (χ1v) is 7.19. The summed E-state index contributed by atoms with van der Waals surface area (Å²) in [4.78, 5) is 4.80. The zero-order valence-electron chi connectivity index (χ0n) is 11.9. The number of rotatable bonds is 3. The van der Waals surface area contributed by atoms with Crippen LogP contribution in [0, 0.1) is 17.2 Å². The maximum atomic E-state index is 9.33. The third-order valence-corrected chi connectivity index (χ3v) is 4.84. The van der Waals surface area contributed by atoms with E-state index in [0.717, 1.165) is 43.7 Å². The van der Waals surface area contributed by atoms with Gasteiger partial charge in [-0.2, -0.15) is 5.26 Å². The fraction of sp³-hybridized carbons (Fsp3) is 0.562. The summed E-state index contributed by atoms with van der Waals surface area (Å²) in [6.07, 6.45) is 1.09. The quantitative estimate of drug-likeness (QED) is 0.893. The van der Waals surface area contributed by atoms with Gasteiger partial charge in [-0.05, 0) is 31.0 Å². The van der Waals surface area contributed by atoms with Gasteiger partial charge in [-0.15, -0.1) is 0 Å². The summed E-state index contributed by atoms with van der Waals surface area (Å²) >= 11 is 0. The van der Waals surface area contributed by atoms with E-state index in [9.17, 15) is 5.11 Å². The Morgan fingerprint density at radius 2 is 2.15 bits per heavy atom. The molecule has 20 heavy (non-hydrogen) atoms. The molecule has 2 heterocycles. The van der Waals surface area contributed by atoms with Crippen molar-refractivity contribution in [2.24, 2.45) is 5.92 Å². The number of nitriles is 1. The Morgan fingerprint density at radius 3 is 2.80 bits per heavy atom. The number of hydrogen-bond donors (Lipinski definition) is 1. The highest BCUT2D eigenvalue weighted by molar-refractivity contribution is 5.37. The van der Waals surface area contributed by atoms with Crippen LogP contribution in [0.15, 0.2) is 24.3 Å². The van der Waals surface area contributed by atoms with Gasteiger partial charge in [0.15, 0.2) is 0 Å². The van der Waals surface area contributed by atoms with Crippen LogP contribution >= 0.6 is 0 Å². The van der Waals surface area contributed by atoms with E-state index in [1.165, 1.54) is 0 Å². The van der Waals surface area contributed by atoms with Gasteiger partial charge in [0.2, 0.25) is 0 Å². The lowest BCUT2D eigenvalue weighted by atomic mass is 9.84. The minimum Gasteiger partial charge on any atom is -0.396 e. The van der Waals surface area contributed by atoms with Crippen molar-refractivity contribution < 1.29 is 5.11 Å². The standard InChI is InChI=1S/C16H21N3O/c1-18-8-13(10-20)6-16(18)11-19(12-16)9-15-5-3-2-4-14(15)7-17/h2-5,13,20H,6,8-12H2,1H3/t13-/m0/s1. The van der Waals surface area contributed by atoms with E-state index in [2.05, 4.69) is 22.9 Å². The molecule has 2 aliphatic rings. The predicted molar refractivity (Wildman–Crippen MR) is 77.0 cm³/mol. The van der Waals surface area contributed by atoms with Crippen molar-refractivity contribution in [2.45, 2.75) is 18.5 Å². The fourth-order valence-electron chi connectivity index (χ4n) is 3.74. The highest BCUT2D eigenvalue weighted by Gasteiger charge is 2.51. The van der Waals surface area contributed by atoms with Gasteiger partial charge in [-0.25, -0.2) is 0 Å². The molecule has 2 saturated heterocycles. The highest BCUT2D eigenvalue weighted by atomic mass is 16.3. The Bertz CT molecular complexity index is 531. The van der Waals surface area contributed by atoms with Gasteiger partial charge in [0.05, 0.1) is 11.6 Å². The molecule has 0 unspecified atom stereocenters. The summed E-state index contributed by atoms with van der Waals surface area (Å²) in [5.41, 5.74) is 2.15. The topological polar surface area (TPSA) is 50.5 Å². The second-order valence-electron chi connectivity index (χ2n) is 6.27. The van der Waals surface area contributed by atoms with Crippen LogP contribution in [-0.2, 0) is 6.54 Å². The van der Waals surface area contributed by atoms with Crippen molar-refractivity contribution in [2.75, 3.05) is 33.3 Å². The van der Waals surface area contributed by atoms with Crippen LogP contribution in [0.25, 0.3) is 0 Å². The van der Waals surface area contributed by atoms with E-state index >= 15 is 0 Å². The van der Waals surface area contributed by atoms with E-state index in [1.54, 1.807) is 0 Å². The molecule has 0 aliphatic carbocycles. The molecule has 0 bridgehead atoms.